The highest BCUT2D eigenvalue weighted by atomic mass is 79.9. The molecule has 6 heteroatoms. The van der Waals surface area contributed by atoms with E-state index in [4.69, 9.17) is 4.52 Å². The van der Waals surface area contributed by atoms with Crippen LogP contribution >= 0.6 is 27.7 Å². The Balaban J connectivity index is 1.71. The Morgan fingerprint density at radius 3 is 2.90 bits per heavy atom. The molecular formula is C14H10BrN3OS. The van der Waals surface area contributed by atoms with Crippen LogP contribution in [0.25, 0.3) is 11.4 Å². The molecule has 0 aliphatic heterocycles. The second-order valence-corrected chi connectivity index (χ2v) is 5.89. The minimum atomic E-state index is 0.593. The van der Waals surface area contributed by atoms with Gasteiger partial charge in [-0.3, -0.25) is 0 Å². The fraction of sp³-hybridized carbons (Fsp3) is 0.0714. The molecule has 3 aromatic rings. The Kier molecular flexibility index (Phi) is 4.13. The van der Waals surface area contributed by atoms with Crippen molar-refractivity contribution in [3.8, 4) is 11.4 Å². The summed E-state index contributed by atoms with van der Waals surface area (Å²) in [5.41, 5.74) is 0.928. The third-order valence-electron chi connectivity index (χ3n) is 2.53. The van der Waals surface area contributed by atoms with Crippen molar-refractivity contribution in [3.63, 3.8) is 0 Å². The molecule has 4 nitrogen and oxygen atoms in total. The Morgan fingerprint density at radius 1 is 1.15 bits per heavy atom. The lowest BCUT2D eigenvalue weighted by Crippen LogP contribution is -1.84. The van der Waals surface area contributed by atoms with Gasteiger partial charge in [-0.2, -0.15) is 4.98 Å². The number of hydrogen-bond acceptors (Lipinski definition) is 5. The van der Waals surface area contributed by atoms with Crippen molar-refractivity contribution in [3.05, 3.63) is 59.0 Å². The van der Waals surface area contributed by atoms with E-state index in [0.29, 0.717) is 17.5 Å². The molecule has 0 spiro atoms. The zero-order chi connectivity index (χ0) is 13.8. The standard InChI is InChI=1S/C14H10BrN3OS/c15-11-5-3-4-10(8-11)14-17-12(19-18-14)9-20-13-6-1-2-7-16-13/h1-8H,9H2. The normalized spacial score (nSPS) is 10.7. The van der Waals surface area contributed by atoms with E-state index in [1.54, 1.807) is 18.0 Å². The molecular weight excluding hydrogens is 338 g/mol. The molecule has 0 bridgehead atoms. The number of nitrogens with zero attached hydrogens (tertiary/aromatic N) is 3. The zero-order valence-corrected chi connectivity index (χ0v) is 12.8. The number of benzene rings is 1. The maximum Gasteiger partial charge on any atom is 0.237 e. The highest BCUT2D eigenvalue weighted by Gasteiger charge is 2.09. The van der Waals surface area contributed by atoms with E-state index in [9.17, 15) is 0 Å². The summed E-state index contributed by atoms with van der Waals surface area (Å²) in [4.78, 5) is 8.63. The van der Waals surface area contributed by atoms with Crippen LogP contribution in [-0.4, -0.2) is 15.1 Å². The van der Waals surface area contributed by atoms with Crippen molar-refractivity contribution in [1.82, 2.24) is 15.1 Å². The number of thioether (sulfide) groups is 1. The summed E-state index contributed by atoms with van der Waals surface area (Å²) in [6, 6.07) is 13.6. The van der Waals surface area contributed by atoms with Crippen LogP contribution in [-0.2, 0) is 5.75 Å². The van der Waals surface area contributed by atoms with Gasteiger partial charge in [-0.05, 0) is 24.3 Å². The van der Waals surface area contributed by atoms with Crippen molar-refractivity contribution in [1.29, 1.82) is 0 Å². The smallest absolute Gasteiger partial charge is 0.237 e. The molecule has 1 aromatic carbocycles. The Hall–Kier alpha value is -1.66. The molecule has 3 rings (SSSR count). The zero-order valence-electron chi connectivity index (χ0n) is 10.4. The quantitative estimate of drug-likeness (QED) is 0.662. The Labute approximate surface area is 128 Å². The summed E-state index contributed by atoms with van der Waals surface area (Å²) in [6.45, 7) is 0. The summed E-state index contributed by atoms with van der Waals surface area (Å²) >= 11 is 5.00. The van der Waals surface area contributed by atoms with Gasteiger partial charge in [0.15, 0.2) is 0 Å². The molecule has 0 unspecified atom stereocenters. The van der Waals surface area contributed by atoms with Gasteiger partial charge >= 0.3 is 0 Å². The van der Waals surface area contributed by atoms with E-state index in [2.05, 4.69) is 31.1 Å². The second kappa shape index (κ2) is 6.19. The number of rotatable bonds is 4. The molecule has 0 atom stereocenters. The first kappa shape index (κ1) is 13.3. The van der Waals surface area contributed by atoms with Crippen molar-refractivity contribution in [2.24, 2.45) is 0 Å². The summed E-state index contributed by atoms with van der Waals surface area (Å²) in [5, 5.41) is 4.94. The van der Waals surface area contributed by atoms with Gasteiger partial charge in [0, 0.05) is 16.2 Å². The van der Waals surface area contributed by atoms with Crippen LogP contribution in [0.1, 0.15) is 5.89 Å². The average Bonchev–Trinajstić information content (AvgIpc) is 2.95. The maximum absolute atomic E-state index is 5.26. The van der Waals surface area contributed by atoms with Gasteiger partial charge in [0.2, 0.25) is 11.7 Å². The third-order valence-corrected chi connectivity index (χ3v) is 3.95. The number of hydrogen-bond donors (Lipinski definition) is 0. The summed E-state index contributed by atoms with van der Waals surface area (Å²) < 4.78 is 6.25. The van der Waals surface area contributed by atoms with Gasteiger partial charge in [0.05, 0.1) is 10.8 Å². The molecule has 0 amide bonds. The minimum Gasteiger partial charge on any atom is -0.338 e. The van der Waals surface area contributed by atoms with Crippen LogP contribution in [0.5, 0.6) is 0 Å². The summed E-state index contributed by atoms with van der Waals surface area (Å²) in [5.74, 6) is 1.80. The van der Waals surface area contributed by atoms with Crippen molar-refractivity contribution >= 4 is 27.7 Å². The number of halogens is 1. The monoisotopic (exact) mass is 347 g/mol. The van der Waals surface area contributed by atoms with Crippen LogP contribution in [0.2, 0.25) is 0 Å². The SMILES string of the molecule is Brc1cccc(-c2noc(CSc3ccccn3)n2)c1. The second-order valence-electron chi connectivity index (χ2n) is 3.98. The van der Waals surface area contributed by atoms with E-state index in [1.165, 1.54) is 0 Å². The van der Waals surface area contributed by atoms with E-state index >= 15 is 0 Å². The van der Waals surface area contributed by atoms with E-state index in [1.807, 2.05) is 42.5 Å². The predicted molar refractivity (Wildman–Crippen MR) is 81.2 cm³/mol. The Morgan fingerprint density at radius 2 is 2.10 bits per heavy atom. The molecule has 0 N–H and O–H groups in total. The molecule has 0 aliphatic carbocycles. The van der Waals surface area contributed by atoms with Crippen molar-refractivity contribution in [2.45, 2.75) is 10.8 Å². The molecule has 0 radical (unpaired) electrons. The molecule has 2 aromatic heterocycles. The fourth-order valence-corrected chi connectivity index (χ4v) is 2.72. The van der Waals surface area contributed by atoms with Crippen molar-refractivity contribution < 1.29 is 4.52 Å². The average molecular weight is 348 g/mol. The largest absolute Gasteiger partial charge is 0.338 e. The predicted octanol–water partition coefficient (Wildman–Crippen LogP) is 4.19. The lowest BCUT2D eigenvalue weighted by molar-refractivity contribution is 0.391. The first-order valence-electron chi connectivity index (χ1n) is 5.93. The third kappa shape index (κ3) is 3.26. The highest BCUT2D eigenvalue weighted by molar-refractivity contribution is 9.10. The molecule has 0 saturated heterocycles. The molecule has 0 fully saturated rings. The molecule has 2 heterocycles. The number of pyridine rings is 1. The summed E-state index contributed by atoms with van der Waals surface area (Å²) in [7, 11) is 0. The Bertz CT molecular complexity index is 702. The van der Waals surface area contributed by atoms with E-state index in [-0.39, 0.29) is 0 Å². The van der Waals surface area contributed by atoms with E-state index in [0.717, 1.165) is 15.1 Å². The van der Waals surface area contributed by atoms with Crippen LogP contribution in [0.15, 0.2) is 62.7 Å². The lowest BCUT2D eigenvalue weighted by Gasteiger charge is -1.95. The first-order valence-corrected chi connectivity index (χ1v) is 7.71. The van der Waals surface area contributed by atoms with Gasteiger partial charge in [-0.15, -0.1) is 0 Å². The molecule has 0 saturated carbocycles. The molecule has 100 valence electrons. The topological polar surface area (TPSA) is 51.8 Å². The summed E-state index contributed by atoms with van der Waals surface area (Å²) in [6.07, 6.45) is 1.77. The van der Waals surface area contributed by atoms with Gasteiger partial charge in [0.1, 0.15) is 0 Å². The molecule has 20 heavy (non-hydrogen) atoms. The van der Waals surface area contributed by atoms with Crippen molar-refractivity contribution in [2.75, 3.05) is 0 Å². The van der Waals surface area contributed by atoms with Crippen LogP contribution in [0.4, 0.5) is 0 Å². The minimum absolute atomic E-state index is 0.593. The first-order chi connectivity index (χ1) is 9.81. The maximum atomic E-state index is 5.26. The highest BCUT2D eigenvalue weighted by Crippen LogP contribution is 2.23. The van der Waals surface area contributed by atoms with Crippen LogP contribution in [0, 0.1) is 0 Å². The van der Waals surface area contributed by atoms with Gasteiger partial charge in [-0.1, -0.05) is 51.0 Å². The van der Waals surface area contributed by atoms with Crippen LogP contribution in [0.3, 0.4) is 0 Å². The van der Waals surface area contributed by atoms with Gasteiger partial charge in [-0.25, -0.2) is 4.98 Å². The fourth-order valence-electron chi connectivity index (χ4n) is 1.63. The van der Waals surface area contributed by atoms with Crippen LogP contribution < -0.4 is 0 Å². The van der Waals surface area contributed by atoms with E-state index < -0.39 is 0 Å². The van der Waals surface area contributed by atoms with Gasteiger partial charge < -0.3 is 4.52 Å². The lowest BCUT2D eigenvalue weighted by atomic mass is 10.2. The molecule has 0 aliphatic rings. The number of aromatic nitrogens is 3. The van der Waals surface area contributed by atoms with Gasteiger partial charge in [0.25, 0.3) is 0 Å².